The molecular formula is C11H19NO2. The molecule has 2 unspecified atom stereocenters. The largest absolute Gasteiger partial charge is 0.396 e. The quantitative estimate of drug-likeness (QED) is 0.666. The van der Waals surface area contributed by atoms with Gasteiger partial charge in [0.1, 0.15) is 0 Å². The number of aliphatic hydroxyl groups excluding tert-OH is 1. The van der Waals surface area contributed by atoms with Gasteiger partial charge in [0.25, 0.3) is 0 Å². The van der Waals surface area contributed by atoms with Crippen LogP contribution in [0.25, 0.3) is 0 Å². The molecule has 1 rings (SSSR count). The van der Waals surface area contributed by atoms with Crippen molar-refractivity contribution in [3.8, 4) is 0 Å². The Morgan fingerprint density at radius 1 is 1.50 bits per heavy atom. The number of hydrogen-bond acceptors (Lipinski definition) is 2. The summed E-state index contributed by atoms with van der Waals surface area (Å²) < 4.78 is 0. The first kappa shape index (κ1) is 11.2. The Labute approximate surface area is 85.2 Å². The molecule has 1 saturated carbocycles. The first-order valence-corrected chi connectivity index (χ1v) is 5.29. The Bertz CT molecular complexity index is 203. The maximum absolute atomic E-state index is 11.3. The van der Waals surface area contributed by atoms with E-state index in [2.05, 4.69) is 11.9 Å². The summed E-state index contributed by atoms with van der Waals surface area (Å²) in [5.74, 6) is 0.267. The predicted octanol–water partition coefficient (Wildman–Crippen LogP) is 1.23. The summed E-state index contributed by atoms with van der Waals surface area (Å²) in [6.07, 6.45) is 6.30. The van der Waals surface area contributed by atoms with Crippen molar-refractivity contribution >= 4 is 5.91 Å². The van der Waals surface area contributed by atoms with Gasteiger partial charge < -0.3 is 10.4 Å². The van der Waals surface area contributed by atoms with Crippen LogP contribution in [0.5, 0.6) is 0 Å². The van der Waals surface area contributed by atoms with E-state index >= 15 is 0 Å². The highest BCUT2D eigenvalue weighted by Crippen LogP contribution is 2.23. The molecule has 2 atom stereocenters. The second-order valence-electron chi connectivity index (χ2n) is 3.89. The highest BCUT2D eigenvalue weighted by molar-refractivity contribution is 5.77. The lowest BCUT2D eigenvalue weighted by molar-refractivity contribution is -0.121. The molecule has 80 valence electrons. The maximum Gasteiger partial charge on any atom is 0.224 e. The van der Waals surface area contributed by atoms with Gasteiger partial charge in [-0.15, -0.1) is 6.58 Å². The fourth-order valence-electron chi connectivity index (χ4n) is 2.01. The number of nitrogens with one attached hydrogen (secondary N) is 1. The Hall–Kier alpha value is -0.830. The number of aliphatic hydroxyl groups is 1. The van der Waals surface area contributed by atoms with E-state index in [4.69, 9.17) is 5.11 Å². The van der Waals surface area contributed by atoms with Crippen LogP contribution in [-0.2, 0) is 4.79 Å². The molecule has 3 heteroatoms. The SMILES string of the molecule is C=CCC(=O)NC1CCCCC1CO. The average Bonchev–Trinajstić information content (AvgIpc) is 2.19. The fourth-order valence-corrected chi connectivity index (χ4v) is 2.01. The van der Waals surface area contributed by atoms with E-state index in [1.165, 1.54) is 6.42 Å². The van der Waals surface area contributed by atoms with Gasteiger partial charge in [0.15, 0.2) is 0 Å². The van der Waals surface area contributed by atoms with Crippen LogP contribution in [0, 0.1) is 5.92 Å². The Balaban J connectivity index is 2.39. The van der Waals surface area contributed by atoms with Crippen molar-refractivity contribution in [2.24, 2.45) is 5.92 Å². The van der Waals surface area contributed by atoms with Crippen LogP contribution in [-0.4, -0.2) is 23.7 Å². The minimum absolute atomic E-state index is 0.0188. The van der Waals surface area contributed by atoms with E-state index in [1.54, 1.807) is 6.08 Å². The molecule has 0 aromatic heterocycles. The molecule has 14 heavy (non-hydrogen) atoms. The monoisotopic (exact) mass is 197 g/mol. The average molecular weight is 197 g/mol. The van der Waals surface area contributed by atoms with Gasteiger partial charge in [0.05, 0.1) is 0 Å². The van der Waals surface area contributed by atoms with Crippen LogP contribution in [0.3, 0.4) is 0 Å². The smallest absolute Gasteiger partial charge is 0.224 e. The van der Waals surface area contributed by atoms with Gasteiger partial charge in [0, 0.05) is 25.0 Å². The van der Waals surface area contributed by atoms with Gasteiger partial charge in [-0.1, -0.05) is 18.9 Å². The standard InChI is InChI=1S/C11H19NO2/c1-2-5-11(14)12-10-7-4-3-6-9(10)8-13/h2,9-10,13H,1,3-8H2,(H,12,14). The van der Waals surface area contributed by atoms with Crippen LogP contribution >= 0.6 is 0 Å². The van der Waals surface area contributed by atoms with Crippen LogP contribution in [0.1, 0.15) is 32.1 Å². The Morgan fingerprint density at radius 2 is 2.21 bits per heavy atom. The van der Waals surface area contributed by atoms with Crippen molar-refractivity contribution in [2.75, 3.05) is 6.61 Å². The molecule has 0 bridgehead atoms. The highest BCUT2D eigenvalue weighted by Gasteiger charge is 2.25. The molecule has 1 aliphatic rings. The molecule has 0 aromatic carbocycles. The van der Waals surface area contributed by atoms with E-state index < -0.39 is 0 Å². The number of rotatable bonds is 4. The Kier molecular flexibility index (Phi) is 4.66. The molecular weight excluding hydrogens is 178 g/mol. The predicted molar refractivity (Wildman–Crippen MR) is 55.8 cm³/mol. The Morgan fingerprint density at radius 3 is 2.86 bits per heavy atom. The lowest BCUT2D eigenvalue weighted by Gasteiger charge is -2.30. The second-order valence-corrected chi connectivity index (χ2v) is 3.89. The topological polar surface area (TPSA) is 49.3 Å². The molecule has 2 N–H and O–H groups in total. The van der Waals surface area contributed by atoms with Crippen molar-refractivity contribution in [2.45, 2.75) is 38.1 Å². The zero-order valence-corrected chi connectivity index (χ0v) is 8.54. The molecule has 0 saturated heterocycles. The summed E-state index contributed by atoms with van der Waals surface area (Å²) in [5, 5.41) is 12.1. The zero-order chi connectivity index (χ0) is 10.4. The van der Waals surface area contributed by atoms with E-state index in [0.717, 1.165) is 19.3 Å². The second kappa shape index (κ2) is 5.81. The number of amides is 1. The van der Waals surface area contributed by atoms with Crippen molar-refractivity contribution in [1.29, 1.82) is 0 Å². The summed E-state index contributed by atoms with van der Waals surface area (Å²) in [6.45, 7) is 3.70. The fraction of sp³-hybridized carbons (Fsp3) is 0.727. The number of carbonyl (C=O) groups is 1. The summed E-state index contributed by atoms with van der Waals surface area (Å²) in [6, 6.07) is 0.168. The molecule has 1 aliphatic carbocycles. The number of hydrogen-bond donors (Lipinski definition) is 2. The summed E-state index contributed by atoms with van der Waals surface area (Å²) in [5.41, 5.74) is 0. The molecule has 1 amide bonds. The third kappa shape index (κ3) is 3.14. The summed E-state index contributed by atoms with van der Waals surface area (Å²) in [4.78, 5) is 11.3. The van der Waals surface area contributed by atoms with Crippen molar-refractivity contribution in [3.63, 3.8) is 0 Å². The molecule has 1 fully saturated rings. The van der Waals surface area contributed by atoms with Gasteiger partial charge in [-0.05, 0) is 12.8 Å². The van der Waals surface area contributed by atoms with Gasteiger partial charge in [0.2, 0.25) is 5.91 Å². The maximum atomic E-state index is 11.3. The van der Waals surface area contributed by atoms with E-state index in [-0.39, 0.29) is 24.5 Å². The van der Waals surface area contributed by atoms with Gasteiger partial charge in [-0.3, -0.25) is 4.79 Å². The molecule has 0 aliphatic heterocycles. The molecule has 0 radical (unpaired) electrons. The van der Waals surface area contributed by atoms with Gasteiger partial charge in [-0.2, -0.15) is 0 Å². The van der Waals surface area contributed by atoms with Crippen molar-refractivity contribution in [1.82, 2.24) is 5.32 Å². The normalized spacial score (nSPS) is 26.9. The molecule has 3 nitrogen and oxygen atoms in total. The zero-order valence-electron chi connectivity index (χ0n) is 8.54. The molecule has 0 heterocycles. The highest BCUT2D eigenvalue weighted by atomic mass is 16.3. The first-order chi connectivity index (χ1) is 6.77. The lowest BCUT2D eigenvalue weighted by Crippen LogP contribution is -2.43. The van der Waals surface area contributed by atoms with Crippen LogP contribution < -0.4 is 5.32 Å². The third-order valence-electron chi connectivity index (χ3n) is 2.82. The van der Waals surface area contributed by atoms with Crippen LogP contribution in [0.2, 0.25) is 0 Å². The summed E-state index contributed by atoms with van der Waals surface area (Å²) >= 11 is 0. The minimum Gasteiger partial charge on any atom is -0.396 e. The molecule has 0 aromatic rings. The van der Waals surface area contributed by atoms with E-state index in [0.29, 0.717) is 6.42 Å². The van der Waals surface area contributed by atoms with Crippen LogP contribution in [0.15, 0.2) is 12.7 Å². The first-order valence-electron chi connectivity index (χ1n) is 5.29. The van der Waals surface area contributed by atoms with Crippen molar-refractivity contribution < 1.29 is 9.90 Å². The lowest BCUT2D eigenvalue weighted by atomic mass is 9.85. The third-order valence-corrected chi connectivity index (χ3v) is 2.82. The van der Waals surface area contributed by atoms with E-state index in [9.17, 15) is 4.79 Å². The summed E-state index contributed by atoms with van der Waals surface area (Å²) in [7, 11) is 0. The molecule has 0 spiro atoms. The van der Waals surface area contributed by atoms with Gasteiger partial charge >= 0.3 is 0 Å². The van der Waals surface area contributed by atoms with Crippen LogP contribution in [0.4, 0.5) is 0 Å². The van der Waals surface area contributed by atoms with Crippen molar-refractivity contribution in [3.05, 3.63) is 12.7 Å². The van der Waals surface area contributed by atoms with E-state index in [1.807, 2.05) is 0 Å². The minimum atomic E-state index is 0.0188. The van der Waals surface area contributed by atoms with Gasteiger partial charge in [-0.25, -0.2) is 0 Å². The number of carbonyl (C=O) groups excluding carboxylic acids is 1.